The molecular formula is C23H24N4O3. The summed E-state index contributed by atoms with van der Waals surface area (Å²) in [5.41, 5.74) is 3.68. The summed E-state index contributed by atoms with van der Waals surface area (Å²) in [6.07, 6.45) is 0.859. The van der Waals surface area contributed by atoms with E-state index in [4.69, 9.17) is 9.15 Å². The number of ether oxygens (including phenoxy) is 1. The Labute approximate surface area is 174 Å². The van der Waals surface area contributed by atoms with Crippen molar-refractivity contribution >= 4 is 16.9 Å². The van der Waals surface area contributed by atoms with Crippen LogP contribution >= 0.6 is 0 Å². The molecule has 0 fully saturated rings. The normalized spacial score (nSPS) is 12.1. The van der Waals surface area contributed by atoms with Gasteiger partial charge in [0.25, 0.3) is 5.91 Å². The molecule has 4 rings (SSSR count). The number of aromatic nitrogens is 3. The second-order valence-corrected chi connectivity index (χ2v) is 7.03. The fourth-order valence-corrected chi connectivity index (χ4v) is 3.42. The number of benzene rings is 1. The van der Waals surface area contributed by atoms with E-state index in [-0.39, 0.29) is 5.91 Å². The summed E-state index contributed by atoms with van der Waals surface area (Å²) in [4.78, 5) is 17.1. The third-order valence-electron chi connectivity index (χ3n) is 4.92. The molecule has 0 aliphatic carbocycles. The molecule has 1 N–H and O–H groups in total. The smallest absolute Gasteiger partial charge is 0.261 e. The average molecular weight is 404 g/mol. The van der Waals surface area contributed by atoms with Gasteiger partial charge in [-0.1, -0.05) is 30.3 Å². The summed E-state index contributed by atoms with van der Waals surface area (Å²) in [5, 5.41) is 8.42. The van der Waals surface area contributed by atoms with Crippen molar-refractivity contribution in [1.29, 1.82) is 0 Å². The molecule has 4 aromatic rings. The lowest BCUT2D eigenvalue weighted by Gasteiger charge is -2.15. The Hall–Kier alpha value is -3.61. The molecule has 154 valence electrons. The number of hydrogen-bond donors (Lipinski definition) is 1. The minimum Gasteiger partial charge on any atom is -0.467 e. The number of fused-ring (bicyclic) bond motifs is 1. The van der Waals surface area contributed by atoms with Crippen LogP contribution in [0.4, 0.5) is 0 Å². The number of hydrogen-bond acceptors (Lipinski definition) is 5. The molecule has 0 saturated carbocycles. The number of nitrogens with one attached hydrogen (secondary N) is 1. The molecule has 1 amide bonds. The van der Waals surface area contributed by atoms with E-state index in [2.05, 4.69) is 15.4 Å². The van der Waals surface area contributed by atoms with Gasteiger partial charge in [0.05, 0.1) is 23.9 Å². The molecule has 3 heterocycles. The molecule has 30 heavy (non-hydrogen) atoms. The molecule has 0 bridgehead atoms. The first-order chi connectivity index (χ1) is 14.6. The van der Waals surface area contributed by atoms with Crippen molar-refractivity contribution in [2.75, 3.05) is 0 Å². The highest BCUT2D eigenvalue weighted by Crippen LogP contribution is 2.33. The molecular weight excluding hydrogens is 380 g/mol. The average Bonchev–Trinajstić information content (AvgIpc) is 3.40. The zero-order valence-corrected chi connectivity index (χ0v) is 17.3. The van der Waals surface area contributed by atoms with Crippen LogP contribution in [0, 0.1) is 6.92 Å². The van der Waals surface area contributed by atoms with Crippen LogP contribution in [0.2, 0.25) is 0 Å². The van der Waals surface area contributed by atoms with Gasteiger partial charge in [-0.15, -0.1) is 0 Å². The molecule has 1 atom stereocenters. The highest BCUT2D eigenvalue weighted by Gasteiger charge is 2.20. The van der Waals surface area contributed by atoms with E-state index in [1.165, 1.54) is 0 Å². The molecule has 1 aromatic carbocycles. The zero-order chi connectivity index (χ0) is 21.1. The quantitative estimate of drug-likeness (QED) is 0.501. The van der Waals surface area contributed by atoms with Crippen molar-refractivity contribution in [2.24, 2.45) is 0 Å². The molecule has 7 nitrogen and oxygen atoms in total. The van der Waals surface area contributed by atoms with Gasteiger partial charge in [0.1, 0.15) is 5.76 Å². The summed E-state index contributed by atoms with van der Waals surface area (Å²) in [5.74, 6) is 0.829. The maximum absolute atomic E-state index is 12.5. The monoisotopic (exact) mass is 404 g/mol. The standard InChI is InChI=1S/C23H24N4O3/c1-4-27-22-21(15(2)26-27)19(17-9-6-5-7-10-17)13-20(25-22)30-16(3)23(28)24-14-18-11-8-12-29-18/h5-13,16H,4,14H2,1-3H3,(H,24,28)/t16-/m0/s1. The summed E-state index contributed by atoms with van der Waals surface area (Å²) in [6, 6.07) is 15.5. The lowest BCUT2D eigenvalue weighted by molar-refractivity contribution is -0.127. The second kappa shape index (κ2) is 8.41. The fourth-order valence-electron chi connectivity index (χ4n) is 3.42. The summed E-state index contributed by atoms with van der Waals surface area (Å²) in [6.45, 7) is 6.70. The van der Waals surface area contributed by atoms with Crippen molar-refractivity contribution in [3.63, 3.8) is 0 Å². The van der Waals surface area contributed by atoms with Crippen molar-refractivity contribution in [3.05, 3.63) is 66.2 Å². The highest BCUT2D eigenvalue weighted by molar-refractivity contribution is 5.95. The largest absolute Gasteiger partial charge is 0.467 e. The Bertz CT molecular complexity index is 1150. The van der Waals surface area contributed by atoms with Crippen molar-refractivity contribution in [3.8, 4) is 17.0 Å². The maximum Gasteiger partial charge on any atom is 0.261 e. The van der Waals surface area contributed by atoms with Crippen LogP contribution in [0.1, 0.15) is 25.3 Å². The van der Waals surface area contributed by atoms with E-state index in [1.807, 2.05) is 61.0 Å². The summed E-state index contributed by atoms with van der Waals surface area (Å²) >= 11 is 0. The van der Waals surface area contributed by atoms with Crippen LogP contribution in [0.3, 0.4) is 0 Å². The molecule has 3 aromatic heterocycles. The van der Waals surface area contributed by atoms with Crippen molar-refractivity contribution in [2.45, 2.75) is 40.0 Å². The zero-order valence-electron chi connectivity index (χ0n) is 17.3. The number of amides is 1. The van der Waals surface area contributed by atoms with Gasteiger partial charge in [-0.2, -0.15) is 10.1 Å². The predicted molar refractivity (Wildman–Crippen MR) is 114 cm³/mol. The van der Waals surface area contributed by atoms with E-state index in [1.54, 1.807) is 19.3 Å². The minimum atomic E-state index is -0.715. The molecule has 0 radical (unpaired) electrons. The lowest BCUT2D eigenvalue weighted by atomic mass is 10.0. The SMILES string of the molecule is CCn1nc(C)c2c(-c3ccccc3)cc(O[C@@H](C)C(=O)NCc3ccco3)nc21. The van der Waals surface area contributed by atoms with E-state index < -0.39 is 6.10 Å². The van der Waals surface area contributed by atoms with E-state index in [0.717, 1.165) is 27.9 Å². The van der Waals surface area contributed by atoms with Gasteiger partial charge in [0.15, 0.2) is 11.8 Å². The Morgan fingerprint density at radius 3 is 2.73 bits per heavy atom. The van der Waals surface area contributed by atoms with Gasteiger partial charge in [0, 0.05) is 12.6 Å². The first kappa shape index (κ1) is 19.7. The molecule has 0 saturated heterocycles. The van der Waals surface area contributed by atoms with Gasteiger partial charge < -0.3 is 14.5 Å². The van der Waals surface area contributed by atoms with Crippen molar-refractivity contribution in [1.82, 2.24) is 20.1 Å². The van der Waals surface area contributed by atoms with Crippen LogP contribution in [0.25, 0.3) is 22.2 Å². The summed E-state index contributed by atoms with van der Waals surface area (Å²) in [7, 11) is 0. The Kier molecular flexibility index (Phi) is 5.52. The molecule has 0 aliphatic heterocycles. The third-order valence-corrected chi connectivity index (χ3v) is 4.92. The van der Waals surface area contributed by atoms with Crippen LogP contribution in [-0.2, 0) is 17.9 Å². The van der Waals surface area contributed by atoms with Gasteiger partial charge >= 0.3 is 0 Å². The van der Waals surface area contributed by atoms with Crippen LogP contribution in [0.15, 0.2) is 59.2 Å². The van der Waals surface area contributed by atoms with Crippen LogP contribution in [-0.4, -0.2) is 26.8 Å². The number of nitrogens with zero attached hydrogens (tertiary/aromatic N) is 3. The Morgan fingerprint density at radius 1 is 1.23 bits per heavy atom. The number of carbonyl (C=O) groups excluding carboxylic acids is 1. The van der Waals surface area contributed by atoms with Gasteiger partial charge in [-0.05, 0) is 44.0 Å². The van der Waals surface area contributed by atoms with Gasteiger partial charge in [-0.3, -0.25) is 4.79 Å². The first-order valence-electron chi connectivity index (χ1n) is 9.97. The van der Waals surface area contributed by atoms with Crippen LogP contribution in [0.5, 0.6) is 5.88 Å². The second-order valence-electron chi connectivity index (χ2n) is 7.03. The number of aryl methyl sites for hydroxylation is 2. The van der Waals surface area contributed by atoms with Crippen molar-refractivity contribution < 1.29 is 13.9 Å². The molecule has 0 unspecified atom stereocenters. The topological polar surface area (TPSA) is 82.2 Å². The number of rotatable bonds is 7. The maximum atomic E-state index is 12.5. The van der Waals surface area contributed by atoms with Gasteiger partial charge in [0.2, 0.25) is 5.88 Å². The van der Waals surface area contributed by atoms with Gasteiger partial charge in [-0.25, -0.2) is 4.68 Å². The van der Waals surface area contributed by atoms with E-state index >= 15 is 0 Å². The molecule has 0 aliphatic rings. The van der Waals surface area contributed by atoms with E-state index in [0.29, 0.717) is 24.7 Å². The number of furan rings is 1. The fraction of sp³-hybridized carbons (Fsp3) is 0.261. The first-order valence-corrected chi connectivity index (χ1v) is 9.97. The highest BCUT2D eigenvalue weighted by atomic mass is 16.5. The summed E-state index contributed by atoms with van der Waals surface area (Å²) < 4.78 is 13.0. The number of carbonyl (C=O) groups is 1. The predicted octanol–water partition coefficient (Wildman–Crippen LogP) is 4.10. The minimum absolute atomic E-state index is 0.241. The molecule has 7 heteroatoms. The number of pyridine rings is 1. The Balaban J connectivity index is 1.64. The van der Waals surface area contributed by atoms with Crippen LogP contribution < -0.4 is 10.1 Å². The molecule has 0 spiro atoms. The Morgan fingerprint density at radius 2 is 2.03 bits per heavy atom. The third kappa shape index (κ3) is 3.91. The lowest BCUT2D eigenvalue weighted by Crippen LogP contribution is -2.36. The van der Waals surface area contributed by atoms with E-state index in [9.17, 15) is 4.79 Å².